The Balaban J connectivity index is 1.57. The first-order valence-electron chi connectivity index (χ1n) is 12.8. The van der Waals surface area contributed by atoms with Crippen molar-refractivity contribution in [3.05, 3.63) is 58.9 Å². The molecule has 2 aromatic rings. The average Bonchev–Trinajstić information content (AvgIpc) is 2.89. The minimum atomic E-state index is -0.548. The highest BCUT2D eigenvalue weighted by Gasteiger charge is 2.28. The third-order valence-electron chi connectivity index (χ3n) is 5.90. The second-order valence-electron chi connectivity index (χ2n) is 10.2. The first kappa shape index (κ1) is 28.9. The van der Waals surface area contributed by atoms with Crippen LogP contribution in [-0.4, -0.2) is 79.9 Å². The Morgan fingerprint density at radius 1 is 1.16 bits per heavy atom. The van der Waals surface area contributed by atoms with E-state index < -0.39 is 5.60 Å². The van der Waals surface area contributed by atoms with Crippen LogP contribution in [0.2, 0.25) is 0 Å². The zero-order valence-corrected chi connectivity index (χ0v) is 22.8. The highest BCUT2D eigenvalue weighted by Crippen LogP contribution is 2.18. The van der Waals surface area contributed by atoms with Crippen LogP contribution in [0.1, 0.15) is 65.7 Å². The van der Waals surface area contributed by atoms with Crippen LogP contribution < -0.4 is 15.4 Å². The molecule has 38 heavy (non-hydrogen) atoms. The van der Waals surface area contributed by atoms with Crippen LogP contribution in [0.25, 0.3) is 0 Å². The molecule has 1 aromatic heterocycles. The number of morpholine rings is 1. The topological polar surface area (TPSA) is 119 Å². The number of nitrogens with one attached hydrogen (secondary N) is 2. The summed E-state index contributed by atoms with van der Waals surface area (Å²) in [5.74, 6) is 0.0685. The summed E-state index contributed by atoms with van der Waals surface area (Å²) in [6.07, 6.45) is 1.33. The number of hydrogen-bond acceptors (Lipinski definition) is 7. The van der Waals surface area contributed by atoms with Crippen molar-refractivity contribution < 1.29 is 28.6 Å². The third kappa shape index (κ3) is 8.72. The van der Waals surface area contributed by atoms with E-state index in [4.69, 9.17) is 14.2 Å². The maximum absolute atomic E-state index is 12.9. The van der Waals surface area contributed by atoms with E-state index in [-0.39, 0.29) is 29.7 Å². The Hall–Kier alpha value is -3.66. The van der Waals surface area contributed by atoms with Crippen LogP contribution in [0.3, 0.4) is 0 Å². The molecule has 1 unspecified atom stereocenters. The summed E-state index contributed by atoms with van der Waals surface area (Å²) in [6, 6.07) is 10.8. The molecule has 1 aliphatic rings. The average molecular weight is 527 g/mol. The van der Waals surface area contributed by atoms with Gasteiger partial charge in [-0.05, 0) is 63.4 Å². The van der Waals surface area contributed by atoms with Gasteiger partial charge in [0.1, 0.15) is 17.0 Å². The lowest BCUT2D eigenvalue weighted by molar-refractivity contribution is -0.0449. The summed E-state index contributed by atoms with van der Waals surface area (Å²) < 4.78 is 16.5. The predicted molar refractivity (Wildman–Crippen MR) is 143 cm³/mol. The van der Waals surface area contributed by atoms with Gasteiger partial charge in [-0.25, -0.2) is 9.78 Å². The molecule has 0 saturated carbocycles. The van der Waals surface area contributed by atoms with Crippen molar-refractivity contribution in [2.75, 3.05) is 40.4 Å². The van der Waals surface area contributed by atoms with Gasteiger partial charge in [0.15, 0.2) is 0 Å². The van der Waals surface area contributed by atoms with Gasteiger partial charge in [0.25, 0.3) is 11.8 Å². The number of methoxy groups -OCH3 is 1. The molecule has 0 spiro atoms. The number of carbonyl (C=O) groups excluding carboxylic acids is 3. The molecule has 3 amide bonds. The summed E-state index contributed by atoms with van der Waals surface area (Å²) >= 11 is 0. The fraction of sp³-hybridized carbons (Fsp3) is 0.500. The van der Waals surface area contributed by atoms with E-state index in [2.05, 4.69) is 15.6 Å². The van der Waals surface area contributed by atoms with Crippen LogP contribution in [0.5, 0.6) is 5.75 Å². The summed E-state index contributed by atoms with van der Waals surface area (Å²) in [4.78, 5) is 43.7. The van der Waals surface area contributed by atoms with Crippen LogP contribution in [-0.2, 0) is 15.9 Å². The van der Waals surface area contributed by atoms with E-state index in [1.165, 1.54) is 13.1 Å². The largest absolute Gasteiger partial charge is 0.497 e. The number of aromatic nitrogens is 1. The van der Waals surface area contributed by atoms with Gasteiger partial charge in [-0.2, -0.15) is 0 Å². The lowest BCUT2D eigenvalue weighted by Gasteiger charge is -2.34. The Morgan fingerprint density at radius 2 is 1.95 bits per heavy atom. The number of hydrogen-bond donors (Lipinski definition) is 2. The van der Waals surface area contributed by atoms with Crippen molar-refractivity contribution >= 4 is 17.9 Å². The van der Waals surface area contributed by atoms with E-state index >= 15 is 0 Å². The SMILES string of the molecule is CNC(=O)c1cc(C(=O)NCCCC2CN(C(=O)OC(C)(C)C)CCO2)cc(Cc2cccc(OC)c2)n1. The molecule has 0 radical (unpaired) electrons. The summed E-state index contributed by atoms with van der Waals surface area (Å²) in [6.45, 7) is 7.35. The summed E-state index contributed by atoms with van der Waals surface area (Å²) in [5.41, 5.74) is 1.54. The van der Waals surface area contributed by atoms with Crippen molar-refractivity contribution in [1.82, 2.24) is 20.5 Å². The minimum Gasteiger partial charge on any atom is -0.497 e. The van der Waals surface area contributed by atoms with E-state index in [0.717, 1.165) is 11.3 Å². The lowest BCUT2D eigenvalue weighted by Crippen LogP contribution is -2.47. The summed E-state index contributed by atoms with van der Waals surface area (Å²) in [7, 11) is 3.12. The van der Waals surface area contributed by atoms with Gasteiger partial charge in [-0.15, -0.1) is 0 Å². The van der Waals surface area contributed by atoms with Gasteiger partial charge in [-0.3, -0.25) is 9.59 Å². The molecule has 1 aliphatic heterocycles. The molecule has 3 rings (SSSR count). The maximum Gasteiger partial charge on any atom is 0.410 e. The predicted octanol–water partition coefficient (Wildman–Crippen LogP) is 3.19. The highest BCUT2D eigenvalue weighted by molar-refractivity contribution is 5.98. The van der Waals surface area contributed by atoms with Gasteiger partial charge in [0, 0.05) is 37.8 Å². The van der Waals surface area contributed by atoms with Gasteiger partial charge in [0.05, 0.1) is 26.4 Å². The van der Waals surface area contributed by atoms with Crippen LogP contribution >= 0.6 is 0 Å². The second kappa shape index (κ2) is 13.2. The van der Waals surface area contributed by atoms with Crippen LogP contribution in [0, 0.1) is 0 Å². The lowest BCUT2D eigenvalue weighted by atomic mass is 10.1. The molecule has 2 heterocycles. The Bertz CT molecular complexity index is 1130. The smallest absolute Gasteiger partial charge is 0.410 e. The molecule has 1 fully saturated rings. The fourth-order valence-electron chi connectivity index (χ4n) is 4.07. The zero-order chi connectivity index (χ0) is 27.7. The molecule has 1 aromatic carbocycles. The van der Waals surface area contributed by atoms with E-state index in [9.17, 15) is 14.4 Å². The van der Waals surface area contributed by atoms with Gasteiger partial charge >= 0.3 is 6.09 Å². The normalized spacial score (nSPS) is 15.5. The Morgan fingerprint density at radius 3 is 2.66 bits per heavy atom. The van der Waals surface area contributed by atoms with Gasteiger partial charge in [0.2, 0.25) is 0 Å². The fourth-order valence-corrected chi connectivity index (χ4v) is 4.07. The quantitative estimate of drug-likeness (QED) is 0.482. The van der Waals surface area contributed by atoms with Crippen molar-refractivity contribution in [2.45, 2.75) is 51.7 Å². The van der Waals surface area contributed by atoms with E-state index in [1.807, 2.05) is 45.0 Å². The van der Waals surface area contributed by atoms with Crippen LogP contribution in [0.4, 0.5) is 4.79 Å². The molecular weight excluding hydrogens is 488 g/mol. The van der Waals surface area contributed by atoms with Crippen molar-refractivity contribution in [3.63, 3.8) is 0 Å². The standard InChI is InChI=1S/C28H38N4O6/c1-28(2,3)38-27(35)32-12-13-37-23(18-32)10-7-11-30-25(33)20-16-21(31-24(17-20)26(34)29-4)14-19-8-6-9-22(15-19)36-5/h6,8-9,15-17,23H,7,10-14,18H2,1-5H3,(H,29,34)(H,30,33). The van der Waals surface area contributed by atoms with Crippen molar-refractivity contribution in [2.24, 2.45) is 0 Å². The number of ether oxygens (including phenoxy) is 3. The third-order valence-corrected chi connectivity index (χ3v) is 5.90. The molecule has 1 atom stereocenters. The number of nitrogens with zero attached hydrogens (tertiary/aromatic N) is 2. The Kier molecular flexibility index (Phi) is 10.1. The van der Waals surface area contributed by atoms with Crippen LogP contribution in [0.15, 0.2) is 36.4 Å². The minimum absolute atomic E-state index is 0.122. The molecule has 10 nitrogen and oxygen atoms in total. The second-order valence-corrected chi connectivity index (χ2v) is 10.2. The van der Waals surface area contributed by atoms with Crippen molar-refractivity contribution in [1.29, 1.82) is 0 Å². The highest BCUT2D eigenvalue weighted by atomic mass is 16.6. The summed E-state index contributed by atoms with van der Waals surface area (Å²) in [5, 5.41) is 5.48. The van der Waals surface area contributed by atoms with Gasteiger partial charge < -0.3 is 29.7 Å². The first-order chi connectivity index (χ1) is 18.1. The van der Waals surface area contributed by atoms with Crippen molar-refractivity contribution in [3.8, 4) is 5.75 Å². The molecule has 0 aliphatic carbocycles. The number of amides is 3. The first-order valence-corrected chi connectivity index (χ1v) is 12.8. The van der Waals surface area contributed by atoms with E-state index in [1.54, 1.807) is 18.1 Å². The monoisotopic (exact) mass is 526 g/mol. The number of pyridine rings is 1. The number of benzene rings is 1. The maximum atomic E-state index is 12.9. The number of rotatable bonds is 9. The molecular formula is C28H38N4O6. The molecule has 0 bridgehead atoms. The molecule has 206 valence electrons. The molecule has 2 N–H and O–H groups in total. The zero-order valence-electron chi connectivity index (χ0n) is 22.8. The Labute approximate surface area is 224 Å². The molecule has 1 saturated heterocycles. The number of carbonyl (C=O) groups is 3. The van der Waals surface area contributed by atoms with E-state index in [0.29, 0.717) is 56.8 Å². The van der Waals surface area contributed by atoms with Gasteiger partial charge in [-0.1, -0.05) is 12.1 Å². The molecule has 10 heteroatoms.